The maximum absolute atomic E-state index is 9.32. The third-order valence-corrected chi connectivity index (χ3v) is 13.7. The minimum absolute atomic E-state index is 0.0143. The molecule has 0 amide bonds. The smallest absolute Gasteiger partial charge is 0.159 e. The minimum atomic E-state index is -0.473. The number of thiophene rings is 1. The summed E-state index contributed by atoms with van der Waals surface area (Å²) in [5.74, 6) is 1.30. The van der Waals surface area contributed by atoms with Gasteiger partial charge in [0.05, 0.1) is 24.9 Å². The molecule has 4 nitrogen and oxygen atoms in total. The van der Waals surface area contributed by atoms with Gasteiger partial charge >= 0.3 is 0 Å². The Bertz CT molecular complexity index is 3960. The van der Waals surface area contributed by atoms with Crippen LogP contribution in [0.3, 0.4) is 0 Å². The first-order valence-corrected chi connectivity index (χ1v) is 21.9. The van der Waals surface area contributed by atoms with Crippen LogP contribution in [0.5, 0.6) is 0 Å². The van der Waals surface area contributed by atoms with Crippen molar-refractivity contribution in [2.24, 2.45) is 9.98 Å². The first kappa shape index (κ1) is 30.2. The van der Waals surface area contributed by atoms with Gasteiger partial charge in [-0.3, -0.25) is 0 Å². The molecule has 0 spiro atoms. The second kappa shape index (κ2) is 14.4. The molecule has 0 saturated carbocycles. The van der Waals surface area contributed by atoms with Crippen LogP contribution in [0.1, 0.15) is 53.7 Å². The van der Waals surface area contributed by atoms with Crippen molar-refractivity contribution in [2.75, 3.05) is 0 Å². The van der Waals surface area contributed by atoms with Crippen molar-refractivity contribution in [3.05, 3.63) is 246 Å². The molecule has 9 aromatic carbocycles. The quantitative estimate of drug-likeness (QED) is 0.178. The van der Waals surface area contributed by atoms with Crippen LogP contribution in [0.15, 0.2) is 222 Å². The summed E-state index contributed by atoms with van der Waals surface area (Å²) in [7, 11) is 0. The van der Waals surface area contributed by atoms with E-state index in [1.54, 1.807) is 15.9 Å². The van der Waals surface area contributed by atoms with Crippen molar-refractivity contribution in [1.82, 2.24) is 9.88 Å². The Morgan fingerprint density at radius 2 is 1.16 bits per heavy atom. The lowest BCUT2D eigenvalue weighted by molar-refractivity contribution is 0.674. The van der Waals surface area contributed by atoms with E-state index in [9.17, 15) is 2.74 Å². The number of nitrogens with one attached hydrogen (secondary N) is 1. The van der Waals surface area contributed by atoms with Crippen molar-refractivity contribution in [2.45, 2.75) is 12.1 Å². The van der Waals surface area contributed by atoms with Gasteiger partial charge in [0.1, 0.15) is 12.0 Å². The molecule has 0 bridgehead atoms. The lowest BCUT2D eigenvalue weighted by Gasteiger charge is -2.25. The van der Waals surface area contributed by atoms with Gasteiger partial charge in [-0.25, -0.2) is 9.98 Å². The van der Waals surface area contributed by atoms with Gasteiger partial charge in [0.2, 0.25) is 0 Å². The summed E-state index contributed by atoms with van der Waals surface area (Å²) in [5.41, 5.74) is 11.7. The molecule has 0 radical (unpaired) electrons. The number of rotatable bonds is 6. The summed E-state index contributed by atoms with van der Waals surface area (Å²) < 4.78 is 58.1. The van der Waals surface area contributed by atoms with Crippen LogP contribution in [-0.4, -0.2) is 16.2 Å². The number of hydrogen-bond acceptors (Lipinski definition) is 4. The predicted octanol–water partition coefficient (Wildman–Crippen LogP) is 14.5. The topological polar surface area (TPSA) is 41.7 Å². The summed E-state index contributed by atoms with van der Waals surface area (Å²) in [6.45, 7) is 0. The second-order valence-electron chi connectivity index (χ2n) is 16.0. The third-order valence-electron chi connectivity index (χ3n) is 12.5. The fourth-order valence-electron chi connectivity index (χ4n) is 9.69. The number of benzene rings is 9. The molecule has 296 valence electrons. The molecule has 63 heavy (non-hydrogen) atoms. The van der Waals surface area contributed by atoms with E-state index in [1.165, 1.54) is 34.4 Å². The van der Waals surface area contributed by atoms with Crippen molar-refractivity contribution < 1.29 is 8.22 Å². The van der Waals surface area contributed by atoms with E-state index in [1.807, 2.05) is 42.5 Å². The van der Waals surface area contributed by atoms with E-state index in [-0.39, 0.29) is 52.9 Å². The molecule has 11 aromatic rings. The van der Waals surface area contributed by atoms with Gasteiger partial charge in [0.15, 0.2) is 5.84 Å². The highest BCUT2D eigenvalue weighted by Crippen LogP contribution is 2.49. The van der Waals surface area contributed by atoms with E-state index in [4.69, 9.17) is 15.5 Å². The second-order valence-corrected chi connectivity index (χ2v) is 17.1. The summed E-state index contributed by atoms with van der Waals surface area (Å²) in [4.78, 5) is 10.6. The molecule has 1 aliphatic heterocycles. The maximum Gasteiger partial charge on any atom is 0.159 e. The first-order chi connectivity index (χ1) is 33.7. The Morgan fingerprint density at radius 1 is 0.508 bits per heavy atom. The monoisotopic (exact) mass is 828 g/mol. The van der Waals surface area contributed by atoms with Crippen molar-refractivity contribution in [3.8, 4) is 27.9 Å². The molecular weight excluding hydrogens is 785 g/mol. The fourth-order valence-corrected chi connectivity index (χ4v) is 10.9. The summed E-state index contributed by atoms with van der Waals surface area (Å²) in [5, 5.41) is 6.33. The Morgan fingerprint density at radius 3 is 1.97 bits per heavy atom. The number of aliphatic imine (C=N–C) groups is 2. The third kappa shape index (κ3) is 5.74. The number of para-hydroxylation sites is 2. The zero-order chi connectivity index (χ0) is 46.7. The highest BCUT2D eigenvalue weighted by Gasteiger charge is 2.31. The zero-order valence-electron chi connectivity index (χ0n) is 39.6. The van der Waals surface area contributed by atoms with Gasteiger partial charge in [-0.05, 0) is 75.8 Å². The Hall–Kier alpha value is -7.86. The molecule has 13 rings (SSSR count). The van der Waals surface area contributed by atoms with E-state index in [0.29, 0.717) is 28.4 Å². The summed E-state index contributed by atoms with van der Waals surface area (Å²) in [6.07, 6.45) is -0.473. The Kier molecular flexibility index (Phi) is 6.89. The van der Waals surface area contributed by atoms with Crippen LogP contribution in [0.2, 0.25) is 0 Å². The van der Waals surface area contributed by atoms with Crippen molar-refractivity contribution in [1.29, 1.82) is 0 Å². The van der Waals surface area contributed by atoms with E-state index in [2.05, 4.69) is 127 Å². The molecule has 1 N–H and O–H groups in total. The standard InChI is InChI=1S/C58H38N4S/c1-3-16-36(17-4-1)54-44-24-8-7-20-40(44)48-34-38(30-32-45(48)54)57-59-56(37-18-5-2-6-19-37)60-58(61-57)39-31-33-52(62-50-27-12-9-21-41(50)42-22-10-13-28-51(42)62)49(35-39)47-26-15-25-46-43-23-11-14-29-53(43)63-55(46)47/h1-35,54,56H,(H,59,60,61)/i9D,10D,21D,22D,27D,28D. The zero-order valence-corrected chi connectivity index (χ0v) is 34.5. The summed E-state index contributed by atoms with van der Waals surface area (Å²) in [6, 6.07) is 58.7. The number of hydrogen-bond donors (Lipinski definition) is 1. The van der Waals surface area contributed by atoms with Gasteiger partial charge in [0.25, 0.3) is 0 Å². The average molecular weight is 829 g/mol. The highest BCUT2D eigenvalue weighted by atomic mass is 32.1. The molecule has 0 fully saturated rings. The minimum Gasteiger partial charge on any atom is -0.344 e. The number of aromatic nitrogens is 1. The molecule has 2 aromatic heterocycles. The van der Waals surface area contributed by atoms with Crippen LogP contribution in [-0.2, 0) is 0 Å². The number of amidine groups is 2. The van der Waals surface area contributed by atoms with Crippen LogP contribution in [0.25, 0.3) is 69.9 Å². The largest absolute Gasteiger partial charge is 0.344 e. The Balaban J connectivity index is 1.05. The Labute approximate surface area is 377 Å². The van der Waals surface area contributed by atoms with Gasteiger partial charge in [0, 0.05) is 59.1 Å². The molecule has 5 heteroatoms. The first-order valence-electron chi connectivity index (χ1n) is 24.1. The lowest BCUT2D eigenvalue weighted by atomic mass is 9.89. The van der Waals surface area contributed by atoms with Gasteiger partial charge in [-0.1, -0.05) is 170 Å². The van der Waals surface area contributed by atoms with Crippen LogP contribution >= 0.6 is 11.3 Å². The molecule has 2 aliphatic rings. The van der Waals surface area contributed by atoms with E-state index in [0.717, 1.165) is 53.6 Å². The number of nitrogens with zero attached hydrogens (tertiary/aromatic N) is 3. The summed E-state index contributed by atoms with van der Waals surface area (Å²) >= 11 is 1.69. The SMILES string of the molecule is [2H]c1cc([2H])c2c(c1[2H])c1c([2H])c([2H])cc([2H])c1n2-c1ccc(C2=NC(c3ccc4c(c3)-c3ccccc3C4c3ccccc3)=NC(c3ccccc3)N2)cc1-c1cccc2c1sc1ccccc12. The van der Waals surface area contributed by atoms with Crippen LogP contribution in [0.4, 0.5) is 0 Å². The molecule has 2 atom stereocenters. The molecule has 2 unspecified atom stereocenters. The van der Waals surface area contributed by atoms with Gasteiger partial charge in [-0.2, -0.15) is 0 Å². The van der Waals surface area contributed by atoms with Crippen molar-refractivity contribution >= 4 is 65.0 Å². The van der Waals surface area contributed by atoms with Crippen LogP contribution in [0, 0.1) is 0 Å². The maximum atomic E-state index is 9.32. The van der Waals surface area contributed by atoms with Gasteiger partial charge < -0.3 is 9.88 Å². The normalized spacial score (nSPS) is 17.0. The van der Waals surface area contributed by atoms with E-state index < -0.39 is 6.17 Å². The average Bonchev–Trinajstić information content (AvgIpc) is 4.06. The molecule has 1 aliphatic carbocycles. The van der Waals surface area contributed by atoms with Gasteiger partial charge in [-0.15, -0.1) is 11.3 Å². The number of fused-ring (bicyclic) bond motifs is 9. The predicted molar refractivity (Wildman–Crippen MR) is 264 cm³/mol. The molecular formula is C58H38N4S. The molecule has 3 heterocycles. The fraction of sp³-hybridized carbons (Fsp3) is 0.0345. The highest BCUT2D eigenvalue weighted by molar-refractivity contribution is 7.26. The van der Waals surface area contributed by atoms with E-state index >= 15 is 0 Å². The lowest BCUT2D eigenvalue weighted by Crippen LogP contribution is -2.33. The molecule has 0 saturated heterocycles. The van der Waals surface area contributed by atoms with Crippen LogP contribution < -0.4 is 5.32 Å². The van der Waals surface area contributed by atoms with Crippen molar-refractivity contribution in [3.63, 3.8) is 0 Å².